The maximum absolute atomic E-state index is 12.3. The highest BCUT2D eigenvalue weighted by molar-refractivity contribution is 5.74. The lowest BCUT2D eigenvalue weighted by molar-refractivity contribution is 0.147. The molecule has 24 heavy (non-hydrogen) atoms. The average molecular weight is 336 g/mol. The monoisotopic (exact) mass is 335 g/mol. The summed E-state index contributed by atoms with van der Waals surface area (Å²) in [6.07, 6.45) is 14.7. The van der Waals surface area contributed by atoms with E-state index in [1.165, 1.54) is 90.3 Å². The van der Waals surface area contributed by atoms with Crippen molar-refractivity contribution in [2.75, 3.05) is 39.3 Å². The van der Waals surface area contributed by atoms with E-state index in [0.29, 0.717) is 0 Å². The Morgan fingerprint density at radius 3 is 2.12 bits per heavy atom. The minimum atomic E-state index is 0.182. The van der Waals surface area contributed by atoms with Crippen LogP contribution in [0.2, 0.25) is 0 Å². The van der Waals surface area contributed by atoms with Crippen molar-refractivity contribution in [3.05, 3.63) is 0 Å². The van der Waals surface area contributed by atoms with Gasteiger partial charge in [0.05, 0.1) is 0 Å². The van der Waals surface area contributed by atoms with Crippen molar-refractivity contribution in [1.82, 2.24) is 15.1 Å². The van der Waals surface area contributed by atoms with Crippen molar-refractivity contribution in [3.8, 4) is 0 Å². The molecule has 2 aliphatic heterocycles. The SMILES string of the molecule is O=C(NCCC1CCCC1)N1CCC(CN2CCCCCC2)CC1. The Kier molecular flexibility index (Phi) is 7.25. The third kappa shape index (κ3) is 5.65. The zero-order valence-electron chi connectivity index (χ0n) is 15.5. The van der Waals surface area contributed by atoms with Gasteiger partial charge in [-0.05, 0) is 57.0 Å². The van der Waals surface area contributed by atoms with Gasteiger partial charge in [-0.25, -0.2) is 4.79 Å². The molecule has 0 spiro atoms. The van der Waals surface area contributed by atoms with E-state index in [-0.39, 0.29) is 6.03 Å². The predicted molar refractivity (Wildman–Crippen MR) is 99.2 cm³/mol. The minimum absolute atomic E-state index is 0.182. The smallest absolute Gasteiger partial charge is 0.317 e. The standard InChI is InChI=1S/C20H37N3O/c24-20(21-12-9-18-7-3-4-8-18)23-15-10-19(11-16-23)17-22-13-5-1-2-6-14-22/h18-19H,1-17H2,(H,21,24). The molecular formula is C20H37N3O. The van der Waals surface area contributed by atoms with Crippen molar-refractivity contribution in [2.24, 2.45) is 11.8 Å². The number of hydrogen-bond acceptors (Lipinski definition) is 2. The molecule has 2 amide bonds. The molecule has 0 aromatic rings. The third-order valence-corrected chi connectivity index (χ3v) is 6.42. The molecule has 0 bridgehead atoms. The molecule has 2 saturated heterocycles. The summed E-state index contributed by atoms with van der Waals surface area (Å²) >= 11 is 0. The van der Waals surface area contributed by atoms with E-state index in [1.54, 1.807) is 0 Å². The topological polar surface area (TPSA) is 35.6 Å². The number of hydrogen-bond donors (Lipinski definition) is 1. The van der Waals surface area contributed by atoms with Crippen LogP contribution in [-0.2, 0) is 0 Å². The molecule has 138 valence electrons. The quantitative estimate of drug-likeness (QED) is 0.828. The normalized spacial score (nSPS) is 24.9. The van der Waals surface area contributed by atoms with E-state index in [1.807, 2.05) is 4.90 Å². The Hall–Kier alpha value is -0.770. The molecule has 4 nitrogen and oxygen atoms in total. The van der Waals surface area contributed by atoms with E-state index in [9.17, 15) is 4.79 Å². The zero-order chi connectivity index (χ0) is 16.6. The lowest BCUT2D eigenvalue weighted by Gasteiger charge is -2.34. The second-order valence-corrected chi connectivity index (χ2v) is 8.32. The molecule has 3 fully saturated rings. The van der Waals surface area contributed by atoms with Crippen molar-refractivity contribution in [2.45, 2.75) is 70.6 Å². The molecule has 0 unspecified atom stereocenters. The second kappa shape index (κ2) is 9.65. The van der Waals surface area contributed by atoms with Crippen LogP contribution in [0.4, 0.5) is 4.79 Å². The summed E-state index contributed by atoms with van der Waals surface area (Å²) in [6, 6.07) is 0.182. The van der Waals surface area contributed by atoms with Crippen LogP contribution in [0.25, 0.3) is 0 Å². The number of piperidine rings is 1. The fraction of sp³-hybridized carbons (Fsp3) is 0.950. The van der Waals surface area contributed by atoms with E-state index in [4.69, 9.17) is 0 Å². The number of rotatable bonds is 5. The molecule has 2 heterocycles. The van der Waals surface area contributed by atoms with Gasteiger partial charge in [-0.3, -0.25) is 0 Å². The average Bonchev–Trinajstić information content (AvgIpc) is 2.99. The van der Waals surface area contributed by atoms with Gasteiger partial charge in [0.25, 0.3) is 0 Å². The number of amides is 2. The number of carbonyl (C=O) groups excluding carboxylic acids is 1. The van der Waals surface area contributed by atoms with E-state index < -0.39 is 0 Å². The number of likely N-dealkylation sites (tertiary alicyclic amines) is 2. The molecule has 4 heteroatoms. The predicted octanol–water partition coefficient (Wildman–Crippen LogP) is 3.86. The third-order valence-electron chi connectivity index (χ3n) is 6.42. The first-order valence-corrected chi connectivity index (χ1v) is 10.6. The molecule has 0 aromatic carbocycles. The van der Waals surface area contributed by atoms with Gasteiger partial charge >= 0.3 is 6.03 Å². The lowest BCUT2D eigenvalue weighted by Crippen LogP contribution is -2.46. The molecule has 3 rings (SSSR count). The molecular weight excluding hydrogens is 298 g/mol. The number of urea groups is 1. The van der Waals surface area contributed by atoms with Crippen LogP contribution >= 0.6 is 0 Å². The van der Waals surface area contributed by atoms with Gasteiger partial charge < -0.3 is 15.1 Å². The highest BCUT2D eigenvalue weighted by Gasteiger charge is 2.24. The largest absolute Gasteiger partial charge is 0.338 e. The maximum atomic E-state index is 12.3. The summed E-state index contributed by atoms with van der Waals surface area (Å²) in [4.78, 5) is 17.0. The molecule has 0 atom stereocenters. The lowest BCUT2D eigenvalue weighted by atomic mass is 9.96. The van der Waals surface area contributed by atoms with Crippen LogP contribution in [0, 0.1) is 11.8 Å². The summed E-state index contributed by atoms with van der Waals surface area (Å²) in [5, 5.41) is 3.16. The van der Waals surface area contributed by atoms with Gasteiger partial charge in [0, 0.05) is 26.2 Å². The number of nitrogens with one attached hydrogen (secondary N) is 1. The molecule has 0 aromatic heterocycles. The first-order chi connectivity index (χ1) is 11.8. The molecule has 3 aliphatic rings. The summed E-state index contributed by atoms with van der Waals surface area (Å²) in [5.41, 5.74) is 0. The maximum Gasteiger partial charge on any atom is 0.317 e. The van der Waals surface area contributed by atoms with Crippen LogP contribution in [0.15, 0.2) is 0 Å². The van der Waals surface area contributed by atoms with Crippen molar-refractivity contribution < 1.29 is 4.79 Å². The number of nitrogens with zero attached hydrogens (tertiary/aromatic N) is 2. The Labute approximate surface area is 148 Å². The van der Waals surface area contributed by atoms with Gasteiger partial charge in [-0.15, -0.1) is 0 Å². The van der Waals surface area contributed by atoms with Gasteiger partial charge in [-0.2, -0.15) is 0 Å². The summed E-state index contributed by atoms with van der Waals surface area (Å²) in [7, 11) is 0. The van der Waals surface area contributed by atoms with Crippen LogP contribution in [0.3, 0.4) is 0 Å². The van der Waals surface area contributed by atoms with Crippen LogP contribution < -0.4 is 5.32 Å². The first kappa shape index (κ1) is 18.0. The van der Waals surface area contributed by atoms with Crippen molar-refractivity contribution in [1.29, 1.82) is 0 Å². The summed E-state index contributed by atoms with van der Waals surface area (Å²) in [5.74, 6) is 1.66. The molecule has 0 radical (unpaired) electrons. The van der Waals surface area contributed by atoms with Crippen molar-refractivity contribution >= 4 is 6.03 Å². The summed E-state index contributed by atoms with van der Waals surface area (Å²) < 4.78 is 0. The van der Waals surface area contributed by atoms with Crippen molar-refractivity contribution in [3.63, 3.8) is 0 Å². The second-order valence-electron chi connectivity index (χ2n) is 8.32. The Morgan fingerprint density at radius 1 is 0.792 bits per heavy atom. The fourth-order valence-electron chi connectivity index (χ4n) is 4.80. The Balaban J connectivity index is 1.29. The van der Waals surface area contributed by atoms with E-state index >= 15 is 0 Å². The van der Waals surface area contributed by atoms with Gasteiger partial charge in [0.2, 0.25) is 0 Å². The summed E-state index contributed by atoms with van der Waals surface area (Å²) in [6.45, 7) is 6.62. The Bertz CT molecular complexity index is 365. The van der Waals surface area contributed by atoms with Crippen LogP contribution in [-0.4, -0.2) is 55.1 Å². The zero-order valence-corrected chi connectivity index (χ0v) is 15.5. The minimum Gasteiger partial charge on any atom is -0.338 e. The highest BCUT2D eigenvalue weighted by Crippen LogP contribution is 2.27. The Morgan fingerprint density at radius 2 is 1.46 bits per heavy atom. The van der Waals surface area contributed by atoms with Gasteiger partial charge in [0.15, 0.2) is 0 Å². The van der Waals surface area contributed by atoms with E-state index in [2.05, 4.69) is 10.2 Å². The highest BCUT2D eigenvalue weighted by atomic mass is 16.2. The fourth-order valence-corrected chi connectivity index (χ4v) is 4.80. The molecule has 1 N–H and O–H groups in total. The first-order valence-electron chi connectivity index (χ1n) is 10.6. The van der Waals surface area contributed by atoms with Gasteiger partial charge in [-0.1, -0.05) is 38.5 Å². The van der Waals surface area contributed by atoms with Crippen LogP contribution in [0.5, 0.6) is 0 Å². The molecule has 1 aliphatic carbocycles. The van der Waals surface area contributed by atoms with E-state index in [0.717, 1.165) is 31.5 Å². The van der Waals surface area contributed by atoms with Gasteiger partial charge in [0.1, 0.15) is 0 Å². The van der Waals surface area contributed by atoms with Crippen LogP contribution in [0.1, 0.15) is 70.6 Å². The molecule has 1 saturated carbocycles. The number of carbonyl (C=O) groups is 1.